The van der Waals surface area contributed by atoms with Gasteiger partial charge in [-0.25, -0.2) is 0 Å². The molecule has 0 atom stereocenters. The second-order valence-electron chi connectivity index (χ2n) is 4.97. The molecular formula is C14H24N4. The van der Waals surface area contributed by atoms with E-state index in [-0.39, 0.29) is 0 Å². The van der Waals surface area contributed by atoms with E-state index in [1.54, 1.807) is 6.20 Å². The summed E-state index contributed by atoms with van der Waals surface area (Å²) in [7, 11) is 0. The Morgan fingerprint density at radius 1 is 1.22 bits per heavy atom. The van der Waals surface area contributed by atoms with Gasteiger partial charge in [0.25, 0.3) is 0 Å². The molecule has 2 rings (SSSR count). The molecule has 1 fully saturated rings. The Labute approximate surface area is 110 Å². The third-order valence-corrected chi connectivity index (χ3v) is 3.62. The summed E-state index contributed by atoms with van der Waals surface area (Å²) in [6, 6.07) is 2.02. The van der Waals surface area contributed by atoms with E-state index < -0.39 is 0 Å². The van der Waals surface area contributed by atoms with Crippen molar-refractivity contribution in [2.75, 3.05) is 43.4 Å². The number of nitrogen functional groups attached to an aromatic ring is 1. The molecule has 100 valence electrons. The molecule has 1 aliphatic heterocycles. The minimum absolute atomic E-state index is 0.789. The summed E-state index contributed by atoms with van der Waals surface area (Å²) >= 11 is 0. The van der Waals surface area contributed by atoms with Crippen LogP contribution in [0.2, 0.25) is 0 Å². The lowest BCUT2D eigenvalue weighted by Gasteiger charge is -2.36. The molecule has 2 heterocycles. The van der Waals surface area contributed by atoms with E-state index in [0.29, 0.717) is 0 Å². The highest BCUT2D eigenvalue weighted by atomic mass is 15.3. The summed E-state index contributed by atoms with van der Waals surface area (Å²) in [6.45, 7) is 7.93. The molecule has 1 aromatic heterocycles. The number of nitrogens with zero attached hydrogens (tertiary/aromatic N) is 3. The lowest BCUT2D eigenvalue weighted by Crippen LogP contribution is -2.46. The van der Waals surface area contributed by atoms with Crippen molar-refractivity contribution in [3.05, 3.63) is 18.5 Å². The van der Waals surface area contributed by atoms with Crippen LogP contribution < -0.4 is 10.6 Å². The van der Waals surface area contributed by atoms with Crippen molar-refractivity contribution in [3.8, 4) is 0 Å². The van der Waals surface area contributed by atoms with Crippen LogP contribution >= 0.6 is 0 Å². The molecule has 18 heavy (non-hydrogen) atoms. The minimum Gasteiger partial charge on any atom is -0.396 e. The molecule has 4 nitrogen and oxygen atoms in total. The summed E-state index contributed by atoms with van der Waals surface area (Å²) in [4.78, 5) is 8.97. The zero-order chi connectivity index (χ0) is 12.8. The molecule has 2 N–H and O–H groups in total. The molecule has 0 amide bonds. The number of piperazine rings is 1. The Morgan fingerprint density at radius 2 is 2.00 bits per heavy atom. The van der Waals surface area contributed by atoms with E-state index in [0.717, 1.165) is 37.6 Å². The molecular weight excluding hydrogens is 224 g/mol. The largest absolute Gasteiger partial charge is 0.396 e. The average Bonchev–Trinajstić information content (AvgIpc) is 2.41. The van der Waals surface area contributed by atoms with Crippen LogP contribution in [0.25, 0.3) is 0 Å². The molecule has 0 radical (unpaired) electrons. The second kappa shape index (κ2) is 6.59. The van der Waals surface area contributed by atoms with Gasteiger partial charge in [-0.3, -0.25) is 9.88 Å². The van der Waals surface area contributed by atoms with Crippen molar-refractivity contribution < 1.29 is 0 Å². The van der Waals surface area contributed by atoms with Gasteiger partial charge in [0.05, 0.1) is 17.6 Å². The monoisotopic (exact) mass is 248 g/mol. The van der Waals surface area contributed by atoms with Gasteiger partial charge in [-0.2, -0.15) is 0 Å². The van der Waals surface area contributed by atoms with E-state index in [2.05, 4.69) is 21.7 Å². The lowest BCUT2D eigenvalue weighted by atomic mass is 10.2. The molecule has 0 aromatic carbocycles. The summed E-state index contributed by atoms with van der Waals surface area (Å²) in [5, 5.41) is 0. The zero-order valence-corrected chi connectivity index (χ0v) is 11.3. The smallest absolute Gasteiger partial charge is 0.0738 e. The van der Waals surface area contributed by atoms with Gasteiger partial charge in [0.2, 0.25) is 0 Å². The first-order valence-electron chi connectivity index (χ1n) is 6.98. The number of pyridine rings is 1. The molecule has 0 aliphatic carbocycles. The fourth-order valence-electron chi connectivity index (χ4n) is 2.49. The van der Waals surface area contributed by atoms with E-state index in [9.17, 15) is 0 Å². The Hall–Kier alpha value is -1.29. The van der Waals surface area contributed by atoms with Crippen LogP contribution in [-0.4, -0.2) is 42.6 Å². The predicted molar refractivity (Wildman–Crippen MR) is 76.8 cm³/mol. The SMILES string of the molecule is CCCCCN1CCN(c2ccncc2N)CC1. The van der Waals surface area contributed by atoms with Crippen LogP contribution in [0.4, 0.5) is 11.4 Å². The number of hydrogen-bond donors (Lipinski definition) is 1. The van der Waals surface area contributed by atoms with Crippen molar-refractivity contribution in [2.24, 2.45) is 0 Å². The minimum atomic E-state index is 0.789. The Morgan fingerprint density at radius 3 is 2.67 bits per heavy atom. The molecule has 1 aliphatic rings. The fraction of sp³-hybridized carbons (Fsp3) is 0.643. The third kappa shape index (κ3) is 3.35. The maximum atomic E-state index is 5.97. The first-order valence-corrected chi connectivity index (χ1v) is 6.98. The van der Waals surface area contributed by atoms with Crippen LogP contribution in [0.5, 0.6) is 0 Å². The standard InChI is InChI=1S/C14H24N4/c1-2-3-4-7-17-8-10-18(11-9-17)14-5-6-16-12-13(14)15/h5-6,12H,2-4,7-11,15H2,1H3. The number of aromatic nitrogens is 1. The molecule has 1 aromatic rings. The maximum absolute atomic E-state index is 5.97. The van der Waals surface area contributed by atoms with Gasteiger partial charge in [0.1, 0.15) is 0 Å². The van der Waals surface area contributed by atoms with E-state index in [1.807, 2.05) is 12.3 Å². The first-order chi connectivity index (χ1) is 8.81. The van der Waals surface area contributed by atoms with Crippen molar-refractivity contribution in [2.45, 2.75) is 26.2 Å². The summed E-state index contributed by atoms with van der Waals surface area (Å²) in [5.41, 5.74) is 7.89. The van der Waals surface area contributed by atoms with Crippen molar-refractivity contribution >= 4 is 11.4 Å². The number of anilines is 2. The normalized spacial score (nSPS) is 17.1. The van der Waals surface area contributed by atoms with Crippen LogP contribution in [0, 0.1) is 0 Å². The van der Waals surface area contributed by atoms with Gasteiger partial charge >= 0.3 is 0 Å². The van der Waals surface area contributed by atoms with Crippen molar-refractivity contribution in [1.29, 1.82) is 0 Å². The average molecular weight is 248 g/mol. The predicted octanol–water partition coefficient (Wildman–Crippen LogP) is 1.98. The number of unbranched alkanes of at least 4 members (excludes halogenated alkanes) is 2. The van der Waals surface area contributed by atoms with Gasteiger partial charge in [-0.1, -0.05) is 19.8 Å². The quantitative estimate of drug-likeness (QED) is 0.809. The summed E-state index contributed by atoms with van der Waals surface area (Å²) in [5.74, 6) is 0. The molecule has 1 saturated heterocycles. The van der Waals surface area contributed by atoms with Crippen LogP contribution in [-0.2, 0) is 0 Å². The van der Waals surface area contributed by atoms with Gasteiger partial charge in [-0.05, 0) is 19.0 Å². The highest BCUT2D eigenvalue weighted by Crippen LogP contribution is 2.22. The summed E-state index contributed by atoms with van der Waals surface area (Å²) in [6.07, 6.45) is 7.53. The molecule has 4 heteroatoms. The lowest BCUT2D eigenvalue weighted by molar-refractivity contribution is 0.253. The van der Waals surface area contributed by atoms with E-state index in [4.69, 9.17) is 5.73 Å². The Bertz CT molecular complexity index is 359. The third-order valence-electron chi connectivity index (χ3n) is 3.62. The van der Waals surface area contributed by atoms with Crippen molar-refractivity contribution in [1.82, 2.24) is 9.88 Å². The number of nitrogens with two attached hydrogens (primary N) is 1. The topological polar surface area (TPSA) is 45.4 Å². The number of rotatable bonds is 5. The van der Waals surface area contributed by atoms with Crippen molar-refractivity contribution in [3.63, 3.8) is 0 Å². The van der Waals surface area contributed by atoms with E-state index in [1.165, 1.54) is 25.8 Å². The molecule has 0 spiro atoms. The Balaban J connectivity index is 1.81. The highest BCUT2D eigenvalue weighted by Gasteiger charge is 2.17. The highest BCUT2D eigenvalue weighted by molar-refractivity contribution is 5.66. The second-order valence-corrected chi connectivity index (χ2v) is 4.97. The van der Waals surface area contributed by atoms with E-state index >= 15 is 0 Å². The van der Waals surface area contributed by atoms with Gasteiger partial charge in [-0.15, -0.1) is 0 Å². The number of hydrogen-bond acceptors (Lipinski definition) is 4. The van der Waals surface area contributed by atoms with Gasteiger partial charge < -0.3 is 10.6 Å². The summed E-state index contributed by atoms with van der Waals surface area (Å²) < 4.78 is 0. The molecule has 0 bridgehead atoms. The maximum Gasteiger partial charge on any atom is 0.0738 e. The zero-order valence-electron chi connectivity index (χ0n) is 11.3. The fourth-order valence-corrected chi connectivity index (χ4v) is 2.49. The van der Waals surface area contributed by atoms with Crippen LogP contribution in [0.3, 0.4) is 0 Å². The van der Waals surface area contributed by atoms with Gasteiger partial charge in [0.15, 0.2) is 0 Å². The molecule has 0 unspecified atom stereocenters. The van der Waals surface area contributed by atoms with Crippen LogP contribution in [0.15, 0.2) is 18.5 Å². The first kappa shape index (κ1) is 13.1. The molecule has 0 saturated carbocycles. The van der Waals surface area contributed by atoms with Crippen LogP contribution in [0.1, 0.15) is 26.2 Å². The Kier molecular flexibility index (Phi) is 4.81. The van der Waals surface area contributed by atoms with Gasteiger partial charge in [0, 0.05) is 32.4 Å².